The van der Waals surface area contributed by atoms with E-state index in [-0.39, 0.29) is 36.1 Å². The minimum Gasteiger partial charge on any atom is -0.462 e. The maximum atomic E-state index is 12.3. The molecule has 0 unspecified atom stereocenters. The molecule has 1 aliphatic heterocycles. The van der Waals surface area contributed by atoms with Gasteiger partial charge in [-0.05, 0) is 44.8 Å². The molecule has 5 nitrogen and oxygen atoms in total. The molecule has 0 aromatic carbocycles. The largest absolute Gasteiger partial charge is 0.462 e. The maximum absolute atomic E-state index is 12.3. The van der Waals surface area contributed by atoms with Crippen molar-refractivity contribution in [2.24, 2.45) is 11.8 Å². The first kappa shape index (κ1) is 21.1. The molecule has 148 valence electrons. The Morgan fingerprint density at radius 2 is 1.93 bits per heavy atom. The number of fused-ring (bicyclic) bond motifs is 1. The Hall–Kier alpha value is -2.17. The van der Waals surface area contributed by atoms with E-state index in [2.05, 4.69) is 6.08 Å². The molecular formula is C22H30O5. The molecule has 3 atom stereocenters. The van der Waals surface area contributed by atoms with Crippen LogP contribution in [-0.4, -0.2) is 29.9 Å². The van der Waals surface area contributed by atoms with Crippen molar-refractivity contribution in [3.8, 4) is 0 Å². The highest BCUT2D eigenvalue weighted by Crippen LogP contribution is 2.34. The van der Waals surface area contributed by atoms with Gasteiger partial charge in [0, 0.05) is 31.3 Å². The molecule has 0 saturated heterocycles. The average molecular weight is 374 g/mol. The number of allylic oxidation sites excluding steroid dienone is 3. The average Bonchev–Trinajstić information content (AvgIpc) is 2.85. The van der Waals surface area contributed by atoms with Crippen LogP contribution < -0.4 is 0 Å². The van der Waals surface area contributed by atoms with E-state index in [0.717, 1.165) is 24.0 Å². The molecule has 5 heteroatoms. The van der Waals surface area contributed by atoms with Crippen molar-refractivity contribution >= 4 is 17.7 Å². The summed E-state index contributed by atoms with van der Waals surface area (Å²) in [6.07, 6.45) is 6.86. The lowest BCUT2D eigenvalue weighted by atomic mass is 9.82. The number of esters is 2. The lowest BCUT2D eigenvalue weighted by molar-refractivity contribution is -0.156. The zero-order valence-electron chi connectivity index (χ0n) is 16.9. The summed E-state index contributed by atoms with van der Waals surface area (Å²) in [7, 11) is 0. The summed E-state index contributed by atoms with van der Waals surface area (Å²) < 4.78 is 11.2. The normalized spacial score (nSPS) is 31.2. The highest BCUT2D eigenvalue weighted by atomic mass is 16.6. The van der Waals surface area contributed by atoms with Gasteiger partial charge in [0.05, 0.1) is 0 Å². The second-order valence-electron chi connectivity index (χ2n) is 7.96. The fourth-order valence-corrected chi connectivity index (χ4v) is 3.84. The van der Waals surface area contributed by atoms with Crippen LogP contribution in [0.3, 0.4) is 0 Å². The zero-order chi connectivity index (χ0) is 20.1. The molecule has 0 spiro atoms. The van der Waals surface area contributed by atoms with Gasteiger partial charge in [0.2, 0.25) is 0 Å². The van der Waals surface area contributed by atoms with Crippen LogP contribution in [0.1, 0.15) is 60.3 Å². The highest BCUT2D eigenvalue weighted by molar-refractivity contribution is 6.01. The molecule has 1 heterocycles. The van der Waals surface area contributed by atoms with Gasteiger partial charge in [0.15, 0.2) is 5.78 Å². The summed E-state index contributed by atoms with van der Waals surface area (Å²) in [6.45, 7) is 9.40. The van der Waals surface area contributed by atoms with Crippen LogP contribution in [0.25, 0.3) is 0 Å². The summed E-state index contributed by atoms with van der Waals surface area (Å²) in [5.41, 5.74) is 2.50. The third kappa shape index (κ3) is 5.91. The van der Waals surface area contributed by atoms with Crippen molar-refractivity contribution < 1.29 is 23.9 Å². The molecule has 0 aromatic rings. The summed E-state index contributed by atoms with van der Waals surface area (Å²) in [5.74, 6) is -0.933. The molecule has 2 aliphatic rings. The predicted molar refractivity (Wildman–Crippen MR) is 103 cm³/mol. The van der Waals surface area contributed by atoms with Gasteiger partial charge < -0.3 is 9.47 Å². The molecule has 2 bridgehead atoms. The summed E-state index contributed by atoms with van der Waals surface area (Å²) >= 11 is 0. The standard InChI is InChI=1S/C22H30O5/c1-13(2)21-19(26-16(5)23)10-15(4)8-6-7-14(3)9-18(24)11-17-12-20(21)27-22(17)25/h8-9,12-13,19-21H,6-7,10-11H2,1-5H3/b14-9+,15-8+/t19-,20-,21-/m0/s1. The van der Waals surface area contributed by atoms with Gasteiger partial charge in [-0.15, -0.1) is 0 Å². The van der Waals surface area contributed by atoms with E-state index < -0.39 is 12.1 Å². The summed E-state index contributed by atoms with van der Waals surface area (Å²) in [6, 6.07) is 0. The van der Waals surface area contributed by atoms with Crippen molar-refractivity contribution in [1.29, 1.82) is 0 Å². The van der Waals surface area contributed by atoms with Crippen LogP contribution in [0, 0.1) is 11.8 Å². The lowest BCUT2D eigenvalue weighted by Crippen LogP contribution is -2.38. The van der Waals surface area contributed by atoms with Gasteiger partial charge in [0.25, 0.3) is 0 Å². The molecule has 0 saturated carbocycles. The number of ether oxygens (including phenoxy) is 2. The van der Waals surface area contributed by atoms with Crippen LogP contribution in [0.15, 0.2) is 34.9 Å². The van der Waals surface area contributed by atoms with E-state index in [0.29, 0.717) is 12.0 Å². The molecule has 1 aliphatic carbocycles. The van der Waals surface area contributed by atoms with Crippen LogP contribution >= 0.6 is 0 Å². The quantitative estimate of drug-likeness (QED) is 0.538. The number of hydrogen-bond donors (Lipinski definition) is 0. The van der Waals surface area contributed by atoms with Crippen molar-refractivity contribution in [3.63, 3.8) is 0 Å². The van der Waals surface area contributed by atoms with E-state index in [1.54, 1.807) is 12.2 Å². The smallest absolute Gasteiger partial charge is 0.334 e. The summed E-state index contributed by atoms with van der Waals surface area (Å²) in [4.78, 5) is 36.3. The van der Waals surface area contributed by atoms with Crippen molar-refractivity contribution in [3.05, 3.63) is 34.9 Å². The number of carbonyl (C=O) groups is 3. The van der Waals surface area contributed by atoms with Crippen LogP contribution in [0.5, 0.6) is 0 Å². The van der Waals surface area contributed by atoms with Crippen LogP contribution in [-0.2, 0) is 23.9 Å². The molecule has 0 N–H and O–H groups in total. The SMILES string of the molecule is CC(=O)O[C@H]1C/C(C)=C/CC/C(C)=C/C(=O)CC2=C[C@H](OC2=O)[C@H]1C(C)C. The topological polar surface area (TPSA) is 69.7 Å². The number of carbonyl (C=O) groups excluding carboxylic acids is 3. The van der Waals surface area contributed by atoms with Gasteiger partial charge in [-0.25, -0.2) is 4.79 Å². The fourth-order valence-electron chi connectivity index (χ4n) is 3.84. The first-order valence-electron chi connectivity index (χ1n) is 9.62. The Morgan fingerprint density at radius 1 is 1.22 bits per heavy atom. The Bertz CT molecular complexity index is 695. The molecule has 0 radical (unpaired) electrons. The lowest BCUT2D eigenvalue weighted by Gasteiger charge is -2.33. The van der Waals surface area contributed by atoms with Crippen LogP contribution in [0.2, 0.25) is 0 Å². The Labute approximate surface area is 161 Å². The fraction of sp³-hybridized carbons (Fsp3) is 0.591. The third-order valence-electron chi connectivity index (χ3n) is 5.09. The Balaban J connectivity index is 2.43. The predicted octanol–water partition coefficient (Wildman–Crippen LogP) is 4.08. The number of ketones is 1. The van der Waals surface area contributed by atoms with E-state index in [9.17, 15) is 14.4 Å². The van der Waals surface area contributed by atoms with E-state index in [1.165, 1.54) is 6.92 Å². The highest BCUT2D eigenvalue weighted by Gasteiger charge is 2.39. The van der Waals surface area contributed by atoms with E-state index >= 15 is 0 Å². The van der Waals surface area contributed by atoms with Gasteiger partial charge in [-0.1, -0.05) is 31.1 Å². The molecule has 0 fully saturated rings. The van der Waals surface area contributed by atoms with Crippen LogP contribution in [0.4, 0.5) is 0 Å². The summed E-state index contributed by atoms with van der Waals surface area (Å²) in [5, 5.41) is 0. The van der Waals surface area contributed by atoms with E-state index in [4.69, 9.17) is 9.47 Å². The molecule has 27 heavy (non-hydrogen) atoms. The monoisotopic (exact) mass is 374 g/mol. The van der Waals surface area contributed by atoms with E-state index in [1.807, 2.05) is 27.7 Å². The first-order valence-corrected chi connectivity index (χ1v) is 9.62. The molecule has 0 amide bonds. The molecule has 2 rings (SSSR count). The molecular weight excluding hydrogens is 344 g/mol. The second-order valence-corrected chi connectivity index (χ2v) is 7.96. The van der Waals surface area contributed by atoms with Crippen molar-refractivity contribution in [2.45, 2.75) is 72.5 Å². The van der Waals surface area contributed by atoms with Gasteiger partial charge in [-0.2, -0.15) is 0 Å². The van der Waals surface area contributed by atoms with Crippen molar-refractivity contribution in [1.82, 2.24) is 0 Å². The number of hydrogen-bond acceptors (Lipinski definition) is 5. The van der Waals surface area contributed by atoms with Gasteiger partial charge >= 0.3 is 11.9 Å². The third-order valence-corrected chi connectivity index (χ3v) is 5.09. The maximum Gasteiger partial charge on any atom is 0.334 e. The Morgan fingerprint density at radius 3 is 2.56 bits per heavy atom. The Kier molecular flexibility index (Phi) is 7.17. The van der Waals surface area contributed by atoms with Crippen molar-refractivity contribution in [2.75, 3.05) is 0 Å². The number of rotatable bonds is 2. The van der Waals surface area contributed by atoms with Gasteiger partial charge in [-0.3, -0.25) is 9.59 Å². The molecule has 0 aromatic heterocycles. The first-order chi connectivity index (χ1) is 12.7. The van der Waals surface area contributed by atoms with Gasteiger partial charge in [0.1, 0.15) is 12.2 Å². The minimum absolute atomic E-state index is 0.0462. The zero-order valence-corrected chi connectivity index (χ0v) is 16.9. The second kappa shape index (κ2) is 9.16. The minimum atomic E-state index is -0.495.